The highest BCUT2D eigenvalue weighted by Gasteiger charge is 2.38. The molecule has 2 heterocycles. The molecule has 2 N–H and O–H groups in total. The molecule has 4 aromatic rings. The summed E-state index contributed by atoms with van der Waals surface area (Å²) in [6.07, 6.45) is 1.83. The summed E-state index contributed by atoms with van der Waals surface area (Å²) in [4.78, 5) is 28.0. The normalized spacial score (nSPS) is 14.3. The molecule has 8 heteroatoms. The van der Waals surface area contributed by atoms with Crippen LogP contribution < -0.4 is 20.3 Å². The Hall–Kier alpha value is -4.36. The fourth-order valence-electron chi connectivity index (χ4n) is 4.17. The maximum atomic E-state index is 13.3. The van der Waals surface area contributed by atoms with Crippen LogP contribution in [0.2, 0.25) is 5.02 Å². The van der Waals surface area contributed by atoms with E-state index in [9.17, 15) is 14.8 Å². The number of amides is 3. The molecule has 1 aromatic heterocycles. The van der Waals surface area contributed by atoms with E-state index < -0.39 is 12.1 Å². The third kappa shape index (κ3) is 4.67. The first-order valence-electron chi connectivity index (χ1n) is 11.0. The summed E-state index contributed by atoms with van der Waals surface area (Å²) < 4.78 is 0.792. The molecule has 0 radical (unpaired) electrons. The van der Waals surface area contributed by atoms with E-state index in [1.54, 1.807) is 66.7 Å². The lowest BCUT2D eigenvalue weighted by molar-refractivity contribution is -0.593. The fourth-order valence-corrected chi connectivity index (χ4v) is 4.29. The van der Waals surface area contributed by atoms with Gasteiger partial charge in [0, 0.05) is 46.2 Å². The van der Waals surface area contributed by atoms with Crippen molar-refractivity contribution in [2.45, 2.75) is 12.5 Å². The van der Waals surface area contributed by atoms with Crippen molar-refractivity contribution in [3.05, 3.63) is 113 Å². The maximum absolute atomic E-state index is 13.3. The number of urea groups is 1. The lowest BCUT2D eigenvalue weighted by Crippen LogP contribution is -2.47. The van der Waals surface area contributed by atoms with Crippen molar-refractivity contribution >= 4 is 40.6 Å². The minimum Gasteiger partial charge on any atom is -0.618 e. The third-order valence-corrected chi connectivity index (χ3v) is 6.12. The van der Waals surface area contributed by atoms with Crippen LogP contribution in [0, 0.1) is 5.21 Å². The fraction of sp³-hybridized carbons (Fsp3) is 0.0741. The summed E-state index contributed by atoms with van der Waals surface area (Å²) >= 11 is 5.94. The summed E-state index contributed by atoms with van der Waals surface area (Å²) in [5.74, 6) is -0.307. The topological polar surface area (TPSA) is 88.4 Å². The lowest BCUT2D eigenvalue weighted by Gasteiger charge is -2.25. The highest BCUT2D eigenvalue weighted by molar-refractivity contribution is 6.30. The number of nitrogens with one attached hydrogen (secondary N) is 2. The molecule has 1 atom stereocenters. The van der Waals surface area contributed by atoms with Gasteiger partial charge in [-0.15, -0.1) is 0 Å². The summed E-state index contributed by atoms with van der Waals surface area (Å²) in [7, 11) is 0. The number of hydrogen-bond acceptors (Lipinski definition) is 3. The highest BCUT2D eigenvalue weighted by atomic mass is 35.5. The first-order chi connectivity index (χ1) is 17.0. The zero-order valence-corrected chi connectivity index (χ0v) is 19.3. The van der Waals surface area contributed by atoms with Gasteiger partial charge in [-0.2, -0.15) is 4.73 Å². The quantitative estimate of drug-likeness (QED) is 0.306. The number of halogens is 1. The number of aromatic nitrogens is 1. The number of rotatable bonds is 4. The molecule has 3 amide bonds. The molecule has 35 heavy (non-hydrogen) atoms. The van der Waals surface area contributed by atoms with Crippen LogP contribution in [0.1, 0.15) is 5.56 Å². The number of hydrogen-bond donors (Lipinski definition) is 2. The molecule has 0 fully saturated rings. The molecule has 0 saturated carbocycles. The minimum absolute atomic E-state index is 0.307. The summed E-state index contributed by atoms with van der Waals surface area (Å²) in [5, 5.41) is 18.3. The number of pyridine rings is 1. The van der Waals surface area contributed by atoms with Crippen molar-refractivity contribution in [2.24, 2.45) is 0 Å². The average molecular weight is 485 g/mol. The maximum Gasteiger partial charge on any atom is 0.327 e. The van der Waals surface area contributed by atoms with E-state index in [-0.39, 0.29) is 5.91 Å². The molecule has 0 bridgehead atoms. The minimum atomic E-state index is -0.725. The molecule has 5 rings (SSSR count). The van der Waals surface area contributed by atoms with Gasteiger partial charge in [-0.25, -0.2) is 4.79 Å². The number of carbonyl (C=O) groups is 2. The smallest absolute Gasteiger partial charge is 0.327 e. The molecule has 3 aromatic carbocycles. The van der Waals surface area contributed by atoms with Gasteiger partial charge in [0.15, 0.2) is 6.20 Å². The van der Waals surface area contributed by atoms with Crippen molar-refractivity contribution in [2.75, 3.05) is 15.5 Å². The van der Waals surface area contributed by atoms with Crippen LogP contribution >= 0.6 is 11.6 Å². The zero-order valence-electron chi connectivity index (χ0n) is 18.5. The third-order valence-electron chi connectivity index (χ3n) is 5.87. The van der Waals surface area contributed by atoms with E-state index in [1.165, 1.54) is 11.1 Å². The second kappa shape index (κ2) is 9.48. The van der Waals surface area contributed by atoms with Crippen molar-refractivity contribution in [3.63, 3.8) is 0 Å². The van der Waals surface area contributed by atoms with Gasteiger partial charge in [0.05, 0.1) is 0 Å². The largest absolute Gasteiger partial charge is 0.618 e. The lowest BCUT2D eigenvalue weighted by atomic mass is 10.1. The number of nitrogens with zero attached hydrogens (tertiary/aromatic N) is 2. The van der Waals surface area contributed by atoms with Gasteiger partial charge < -0.3 is 15.8 Å². The Labute approximate surface area is 207 Å². The Morgan fingerprint density at radius 3 is 2.26 bits per heavy atom. The first-order valence-corrected chi connectivity index (χ1v) is 11.4. The monoisotopic (exact) mass is 484 g/mol. The van der Waals surface area contributed by atoms with Gasteiger partial charge in [0.1, 0.15) is 6.04 Å². The second-order valence-electron chi connectivity index (χ2n) is 8.13. The van der Waals surface area contributed by atoms with Gasteiger partial charge in [-0.05, 0) is 66.2 Å². The highest BCUT2D eigenvalue weighted by Crippen LogP contribution is 2.33. The molecule has 1 aliphatic rings. The standard InChI is InChI=1S/C27H21ClN4O3/c28-20-10-14-22(15-11-20)30-27(34)32-24-7-2-1-5-19(24)17-25(32)26(33)29-21-12-8-18(9-13-21)23-6-3-4-16-31(23)35/h1-16,25H,17H2,(H,29,33)(H,30,34). The molecule has 174 valence electrons. The van der Waals surface area contributed by atoms with Crippen LogP contribution in [0.3, 0.4) is 0 Å². The molecular weight excluding hydrogens is 464 g/mol. The van der Waals surface area contributed by atoms with Gasteiger partial charge in [0.2, 0.25) is 11.6 Å². The van der Waals surface area contributed by atoms with Crippen LogP contribution in [-0.2, 0) is 11.2 Å². The van der Waals surface area contributed by atoms with Crippen LogP contribution in [0.25, 0.3) is 11.3 Å². The van der Waals surface area contributed by atoms with Crippen LogP contribution in [0.5, 0.6) is 0 Å². The van der Waals surface area contributed by atoms with Crippen molar-refractivity contribution in [3.8, 4) is 11.3 Å². The number of fused-ring (bicyclic) bond motifs is 1. The summed E-state index contributed by atoms with van der Waals surface area (Å²) in [5.41, 5.74) is 4.01. The Morgan fingerprint density at radius 2 is 1.51 bits per heavy atom. The Morgan fingerprint density at radius 1 is 0.857 bits per heavy atom. The molecule has 1 unspecified atom stereocenters. The van der Waals surface area contributed by atoms with E-state index in [2.05, 4.69) is 10.6 Å². The molecular formula is C27H21ClN4O3. The van der Waals surface area contributed by atoms with E-state index in [0.717, 1.165) is 15.9 Å². The van der Waals surface area contributed by atoms with E-state index in [4.69, 9.17) is 11.6 Å². The number of carbonyl (C=O) groups excluding carboxylic acids is 2. The van der Waals surface area contributed by atoms with Crippen molar-refractivity contribution in [1.29, 1.82) is 0 Å². The number of para-hydroxylation sites is 1. The Kier molecular flexibility index (Phi) is 6.08. The molecule has 1 aliphatic heterocycles. The Balaban J connectivity index is 1.35. The van der Waals surface area contributed by atoms with Gasteiger partial charge in [-0.3, -0.25) is 9.69 Å². The van der Waals surface area contributed by atoms with Crippen molar-refractivity contribution < 1.29 is 14.3 Å². The SMILES string of the molecule is O=C(Nc1ccc(-c2cccc[n+]2[O-])cc1)C1Cc2ccccc2N1C(=O)Nc1ccc(Cl)cc1. The van der Waals surface area contributed by atoms with E-state index in [1.807, 2.05) is 24.3 Å². The zero-order chi connectivity index (χ0) is 24.4. The average Bonchev–Trinajstić information content (AvgIpc) is 3.26. The number of benzene rings is 3. The molecule has 0 saturated heterocycles. The first kappa shape index (κ1) is 22.4. The predicted octanol–water partition coefficient (Wildman–Crippen LogP) is 5.24. The van der Waals surface area contributed by atoms with Crippen LogP contribution in [0.4, 0.5) is 21.9 Å². The van der Waals surface area contributed by atoms with Gasteiger partial charge >= 0.3 is 6.03 Å². The van der Waals surface area contributed by atoms with Crippen molar-refractivity contribution in [1.82, 2.24) is 0 Å². The molecule has 7 nitrogen and oxygen atoms in total. The van der Waals surface area contributed by atoms with E-state index >= 15 is 0 Å². The second-order valence-corrected chi connectivity index (χ2v) is 8.57. The van der Waals surface area contributed by atoms with Gasteiger partial charge in [-0.1, -0.05) is 29.8 Å². The number of anilines is 3. The summed E-state index contributed by atoms with van der Waals surface area (Å²) in [6, 6.07) is 25.3. The van der Waals surface area contributed by atoms with Crippen LogP contribution in [0.15, 0.2) is 97.2 Å². The van der Waals surface area contributed by atoms with E-state index in [0.29, 0.717) is 34.2 Å². The molecule has 0 spiro atoms. The van der Waals surface area contributed by atoms with Gasteiger partial charge in [0.25, 0.3) is 0 Å². The molecule has 0 aliphatic carbocycles. The van der Waals surface area contributed by atoms with Crippen LogP contribution in [-0.4, -0.2) is 18.0 Å². The predicted molar refractivity (Wildman–Crippen MR) is 136 cm³/mol. The Bertz CT molecular complexity index is 1390. The summed E-state index contributed by atoms with van der Waals surface area (Å²) in [6.45, 7) is 0.